The van der Waals surface area contributed by atoms with E-state index in [9.17, 15) is 8.42 Å². The number of fused-ring (bicyclic) bond motifs is 1. The van der Waals surface area contributed by atoms with Gasteiger partial charge in [0.05, 0.1) is 11.5 Å². The molecule has 2 saturated heterocycles. The zero-order valence-electron chi connectivity index (χ0n) is 13.2. The molecule has 2 fully saturated rings. The minimum Gasteiger partial charge on any atom is -0.297 e. The summed E-state index contributed by atoms with van der Waals surface area (Å²) < 4.78 is 24.3. The van der Waals surface area contributed by atoms with Gasteiger partial charge in [0.25, 0.3) is 0 Å². The van der Waals surface area contributed by atoms with Gasteiger partial charge < -0.3 is 0 Å². The summed E-state index contributed by atoms with van der Waals surface area (Å²) in [5.74, 6) is 0.538. The highest BCUT2D eigenvalue weighted by atomic mass is 35.5. The Morgan fingerprint density at radius 2 is 1.61 bits per heavy atom. The van der Waals surface area contributed by atoms with Gasteiger partial charge in [-0.15, -0.1) is 0 Å². The van der Waals surface area contributed by atoms with E-state index in [1.54, 1.807) is 6.07 Å². The number of sulfone groups is 1. The van der Waals surface area contributed by atoms with Gasteiger partial charge in [-0.2, -0.15) is 0 Å². The average molecular weight is 377 g/mol. The topological polar surface area (TPSA) is 40.6 Å². The molecule has 2 aliphatic rings. The van der Waals surface area contributed by atoms with Crippen molar-refractivity contribution >= 4 is 33.0 Å². The van der Waals surface area contributed by atoms with Crippen molar-refractivity contribution in [3.8, 4) is 0 Å². The highest BCUT2D eigenvalue weighted by molar-refractivity contribution is 7.91. The quantitative estimate of drug-likeness (QED) is 0.809. The van der Waals surface area contributed by atoms with E-state index in [1.807, 2.05) is 12.1 Å². The summed E-state index contributed by atoms with van der Waals surface area (Å²) in [6.07, 6.45) is 1.05. The molecule has 2 heterocycles. The molecule has 1 aromatic rings. The third-order valence-electron chi connectivity index (χ3n) is 4.72. The second-order valence-corrected chi connectivity index (χ2v) is 9.52. The lowest BCUT2D eigenvalue weighted by Crippen LogP contribution is -2.58. The largest absolute Gasteiger partial charge is 0.297 e. The van der Waals surface area contributed by atoms with Gasteiger partial charge in [0.2, 0.25) is 0 Å². The normalized spacial score (nSPS) is 28.0. The fourth-order valence-electron chi connectivity index (χ4n) is 3.79. The number of piperazine rings is 1. The van der Waals surface area contributed by atoms with Crippen molar-refractivity contribution in [2.24, 2.45) is 0 Å². The van der Waals surface area contributed by atoms with E-state index < -0.39 is 9.84 Å². The van der Waals surface area contributed by atoms with E-state index >= 15 is 0 Å². The van der Waals surface area contributed by atoms with Crippen LogP contribution in [0, 0.1) is 0 Å². The molecule has 0 bridgehead atoms. The second-order valence-electron chi connectivity index (χ2n) is 6.50. The zero-order valence-corrected chi connectivity index (χ0v) is 15.5. The van der Waals surface area contributed by atoms with Gasteiger partial charge in [-0.05, 0) is 36.7 Å². The molecule has 0 saturated carbocycles. The molecule has 2 atom stereocenters. The van der Waals surface area contributed by atoms with Crippen molar-refractivity contribution < 1.29 is 8.42 Å². The average Bonchev–Trinajstić information content (AvgIpc) is 2.76. The van der Waals surface area contributed by atoms with Crippen LogP contribution in [0.15, 0.2) is 18.2 Å². The van der Waals surface area contributed by atoms with Crippen molar-refractivity contribution in [2.75, 3.05) is 31.1 Å². The molecule has 0 N–H and O–H groups in total. The summed E-state index contributed by atoms with van der Waals surface area (Å²) in [7, 11) is -2.96. The molecule has 0 amide bonds. The Bertz CT molecular complexity index is 660. The maximum Gasteiger partial charge on any atom is 0.153 e. The van der Waals surface area contributed by atoms with Crippen LogP contribution in [0.5, 0.6) is 0 Å². The van der Waals surface area contributed by atoms with E-state index in [2.05, 4.69) is 16.7 Å². The molecule has 0 spiro atoms. The molecule has 0 aromatic heterocycles. The van der Waals surface area contributed by atoms with Crippen molar-refractivity contribution in [3.05, 3.63) is 33.8 Å². The molecule has 1 aromatic carbocycles. The van der Waals surface area contributed by atoms with Crippen LogP contribution in [0.25, 0.3) is 0 Å². The lowest BCUT2D eigenvalue weighted by molar-refractivity contribution is 0.0405. The third-order valence-corrected chi connectivity index (χ3v) is 6.86. The highest BCUT2D eigenvalue weighted by Crippen LogP contribution is 2.29. The molecule has 4 nitrogen and oxygen atoms in total. The number of rotatable bonds is 4. The number of benzene rings is 1. The van der Waals surface area contributed by atoms with Crippen molar-refractivity contribution in [1.82, 2.24) is 9.80 Å². The predicted molar refractivity (Wildman–Crippen MR) is 95.0 cm³/mol. The molecule has 3 rings (SSSR count). The van der Waals surface area contributed by atoms with Crippen LogP contribution >= 0.6 is 23.2 Å². The third kappa shape index (κ3) is 4.02. The first-order chi connectivity index (χ1) is 10.9. The van der Waals surface area contributed by atoms with E-state index in [4.69, 9.17) is 23.2 Å². The fraction of sp³-hybridized carbons (Fsp3) is 0.625. The number of halogens is 2. The van der Waals surface area contributed by atoms with Crippen LogP contribution < -0.4 is 0 Å². The summed E-state index contributed by atoms with van der Waals surface area (Å²) in [5, 5.41) is 1.24. The van der Waals surface area contributed by atoms with Gasteiger partial charge in [0.1, 0.15) is 0 Å². The Balaban J connectivity index is 1.80. The number of hydrogen-bond acceptors (Lipinski definition) is 4. The van der Waals surface area contributed by atoms with Crippen LogP contribution in [0.3, 0.4) is 0 Å². The SMILES string of the molecule is CCCN1CCN(Cc2cc(Cl)cc(Cl)c2)[C@@H]2CS(=O)(=O)C[C@@H]21. The maximum atomic E-state index is 12.2. The monoisotopic (exact) mass is 376 g/mol. The molecular weight excluding hydrogens is 355 g/mol. The van der Waals surface area contributed by atoms with Crippen molar-refractivity contribution in [2.45, 2.75) is 32.0 Å². The van der Waals surface area contributed by atoms with Crippen molar-refractivity contribution in [1.29, 1.82) is 0 Å². The zero-order chi connectivity index (χ0) is 16.6. The first kappa shape index (κ1) is 17.5. The first-order valence-corrected chi connectivity index (χ1v) is 10.6. The van der Waals surface area contributed by atoms with Gasteiger partial charge in [0, 0.05) is 41.8 Å². The van der Waals surface area contributed by atoms with E-state index in [1.165, 1.54) is 0 Å². The molecule has 0 aliphatic carbocycles. The summed E-state index contributed by atoms with van der Waals surface area (Å²) in [5.41, 5.74) is 1.04. The highest BCUT2D eigenvalue weighted by Gasteiger charge is 2.46. The molecule has 128 valence electrons. The van der Waals surface area contributed by atoms with E-state index in [-0.39, 0.29) is 23.6 Å². The summed E-state index contributed by atoms with van der Waals surface area (Å²) in [4.78, 5) is 4.63. The van der Waals surface area contributed by atoms with E-state index in [0.29, 0.717) is 16.6 Å². The molecule has 0 radical (unpaired) electrons. The predicted octanol–water partition coefficient (Wildman–Crippen LogP) is 2.69. The maximum absolute atomic E-state index is 12.2. The Morgan fingerprint density at radius 1 is 1.04 bits per heavy atom. The summed E-state index contributed by atoms with van der Waals surface area (Å²) >= 11 is 12.2. The second kappa shape index (κ2) is 6.89. The van der Waals surface area contributed by atoms with Gasteiger partial charge in [0.15, 0.2) is 9.84 Å². The number of hydrogen-bond donors (Lipinski definition) is 0. The minimum atomic E-state index is -2.96. The smallest absolute Gasteiger partial charge is 0.153 e. The lowest BCUT2D eigenvalue weighted by atomic mass is 10.0. The molecular formula is C16H22Cl2N2O2S. The van der Waals surface area contributed by atoms with E-state index in [0.717, 1.165) is 31.6 Å². The summed E-state index contributed by atoms with van der Waals surface area (Å²) in [6, 6.07) is 5.71. The van der Waals surface area contributed by atoms with Gasteiger partial charge in [-0.1, -0.05) is 30.1 Å². The van der Waals surface area contributed by atoms with Crippen LogP contribution in [-0.2, 0) is 16.4 Å². The van der Waals surface area contributed by atoms with Crippen LogP contribution in [0.2, 0.25) is 10.0 Å². The number of nitrogens with zero attached hydrogens (tertiary/aromatic N) is 2. The minimum absolute atomic E-state index is 0.0676. The Labute approximate surface area is 148 Å². The van der Waals surface area contributed by atoms with Crippen LogP contribution in [-0.4, -0.2) is 61.4 Å². The lowest BCUT2D eigenvalue weighted by Gasteiger charge is -2.44. The van der Waals surface area contributed by atoms with Gasteiger partial charge in [-0.3, -0.25) is 9.80 Å². The van der Waals surface area contributed by atoms with Crippen LogP contribution in [0.4, 0.5) is 0 Å². The Morgan fingerprint density at radius 3 is 2.22 bits per heavy atom. The fourth-order valence-corrected chi connectivity index (χ4v) is 6.41. The first-order valence-electron chi connectivity index (χ1n) is 8.01. The molecule has 0 unspecified atom stereocenters. The molecule has 23 heavy (non-hydrogen) atoms. The Kier molecular flexibility index (Phi) is 5.24. The Hall–Kier alpha value is -0.330. The molecule has 7 heteroatoms. The van der Waals surface area contributed by atoms with Gasteiger partial charge in [-0.25, -0.2) is 8.42 Å². The van der Waals surface area contributed by atoms with Crippen LogP contribution in [0.1, 0.15) is 18.9 Å². The van der Waals surface area contributed by atoms with Crippen molar-refractivity contribution in [3.63, 3.8) is 0 Å². The summed E-state index contributed by atoms with van der Waals surface area (Å²) in [6.45, 7) is 5.59. The molecule has 2 aliphatic heterocycles. The standard InChI is InChI=1S/C16H22Cl2N2O2S/c1-2-3-19-4-5-20(16-11-23(21,22)10-15(16)19)9-12-6-13(17)8-14(18)7-12/h6-8,15-16H,2-5,9-11H2,1H3/t15-,16+/m0/s1. The van der Waals surface area contributed by atoms with Gasteiger partial charge >= 0.3 is 0 Å².